The minimum Gasteiger partial charge on any atom is -0.497 e. The highest BCUT2D eigenvalue weighted by atomic mass is 32.1. The maximum absolute atomic E-state index is 12.4. The van der Waals surface area contributed by atoms with Gasteiger partial charge < -0.3 is 14.8 Å². The molecule has 0 aliphatic rings. The summed E-state index contributed by atoms with van der Waals surface area (Å²) >= 11 is 1.19. The highest BCUT2D eigenvalue weighted by Gasteiger charge is 2.14. The van der Waals surface area contributed by atoms with E-state index in [-0.39, 0.29) is 11.9 Å². The van der Waals surface area contributed by atoms with E-state index < -0.39 is 0 Å². The molecule has 0 unspecified atom stereocenters. The second-order valence-electron chi connectivity index (χ2n) is 7.14. The molecule has 152 valence electrons. The number of rotatable bonds is 8. The summed E-state index contributed by atoms with van der Waals surface area (Å²) in [6.07, 6.45) is 0.590. The molecular formula is C22H25N3O3S. The van der Waals surface area contributed by atoms with Crippen molar-refractivity contribution in [2.75, 3.05) is 7.11 Å². The zero-order chi connectivity index (χ0) is 20.8. The SMILES string of the molecule is COc1cccc(Cc2nsc(Oc3cccc(C(=O)N[C@H](C)C(C)C)c3)n2)c1. The molecule has 0 fully saturated rings. The molecule has 0 bridgehead atoms. The van der Waals surface area contributed by atoms with Gasteiger partial charge in [-0.3, -0.25) is 4.79 Å². The van der Waals surface area contributed by atoms with Crippen molar-refractivity contribution in [3.8, 4) is 16.7 Å². The molecule has 1 atom stereocenters. The van der Waals surface area contributed by atoms with Crippen molar-refractivity contribution < 1.29 is 14.3 Å². The summed E-state index contributed by atoms with van der Waals surface area (Å²) in [5.74, 6) is 2.28. The first-order valence-electron chi connectivity index (χ1n) is 9.49. The Morgan fingerprint density at radius 2 is 1.86 bits per heavy atom. The zero-order valence-corrected chi connectivity index (χ0v) is 17.8. The summed E-state index contributed by atoms with van der Waals surface area (Å²) in [4.78, 5) is 16.9. The van der Waals surface area contributed by atoms with Crippen LogP contribution in [0.4, 0.5) is 0 Å². The first-order chi connectivity index (χ1) is 13.9. The molecule has 7 heteroatoms. The average molecular weight is 412 g/mol. The predicted octanol–water partition coefficient (Wildman–Crippen LogP) is 4.70. The van der Waals surface area contributed by atoms with Gasteiger partial charge in [-0.15, -0.1) is 0 Å². The fourth-order valence-electron chi connectivity index (χ4n) is 2.57. The normalized spacial score (nSPS) is 11.9. The lowest BCUT2D eigenvalue weighted by molar-refractivity contribution is 0.0930. The van der Waals surface area contributed by atoms with E-state index in [1.54, 1.807) is 31.4 Å². The van der Waals surface area contributed by atoms with Crippen LogP contribution in [0.15, 0.2) is 48.5 Å². The second-order valence-corrected chi connectivity index (χ2v) is 7.86. The molecule has 0 saturated heterocycles. The number of methoxy groups -OCH3 is 1. The van der Waals surface area contributed by atoms with Gasteiger partial charge >= 0.3 is 0 Å². The number of carbonyl (C=O) groups is 1. The van der Waals surface area contributed by atoms with Crippen molar-refractivity contribution >= 4 is 17.4 Å². The van der Waals surface area contributed by atoms with Crippen LogP contribution in [0.1, 0.15) is 42.5 Å². The predicted molar refractivity (Wildman–Crippen MR) is 114 cm³/mol. The van der Waals surface area contributed by atoms with E-state index in [0.29, 0.717) is 34.7 Å². The summed E-state index contributed by atoms with van der Waals surface area (Å²) < 4.78 is 15.4. The van der Waals surface area contributed by atoms with Gasteiger partial charge in [-0.05, 0) is 48.7 Å². The molecule has 6 nitrogen and oxygen atoms in total. The number of ether oxygens (including phenoxy) is 2. The van der Waals surface area contributed by atoms with Crippen molar-refractivity contribution in [2.24, 2.45) is 5.92 Å². The number of amides is 1. The van der Waals surface area contributed by atoms with E-state index in [1.807, 2.05) is 31.2 Å². The van der Waals surface area contributed by atoms with Crippen molar-refractivity contribution in [2.45, 2.75) is 33.2 Å². The highest BCUT2D eigenvalue weighted by molar-refractivity contribution is 7.07. The largest absolute Gasteiger partial charge is 0.497 e. The van der Waals surface area contributed by atoms with E-state index in [1.165, 1.54) is 11.5 Å². The molecule has 0 spiro atoms. The summed E-state index contributed by atoms with van der Waals surface area (Å²) in [7, 11) is 1.64. The monoisotopic (exact) mass is 411 g/mol. The number of hydrogen-bond donors (Lipinski definition) is 1. The van der Waals surface area contributed by atoms with Gasteiger partial charge in [0.15, 0.2) is 5.82 Å². The van der Waals surface area contributed by atoms with Crippen LogP contribution in [-0.2, 0) is 6.42 Å². The Morgan fingerprint density at radius 1 is 1.10 bits per heavy atom. The van der Waals surface area contributed by atoms with Crippen LogP contribution in [0.5, 0.6) is 16.7 Å². The Bertz CT molecular complexity index is 971. The van der Waals surface area contributed by atoms with Gasteiger partial charge in [0.05, 0.1) is 7.11 Å². The molecule has 3 aromatic rings. The molecule has 0 radical (unpaired) electrons. The third-order valence-electron chi connectivity index (χ3n) is 4.61. The van der Waals surface area contributed by atoms with Crippen molar-refractivity contribution in [1.29, 1.82) is 0 Å². The van der Waals surface area contributed by atoms with Gasteiger partial charge in [0.1, 0.15) is 11.5 Å². The Labute approximate surface area is 175 Å². The van der Waals surface area contributed by atoms with Crippen molar-refractivity contribution in [3.05, 3.63) is 65.5 Å². The number of hydrogen-bond acceptors (Lipinski definition) is 6. The van der Waals surface area contributed by atoms with E-state index in [9.17, 15) is 4.79 Å². The van der Waals surface area contributed by atoms with Crippen LogP contribution < -0.4 is 14.8 Å². The van der Waals surface area contributed by atoms with Crippen LogP contribution in [0.25, 0.3) is 0 Å². The molecule has 1 aromatic heterocycles. The maximum Gasteiger partial charge on any atom is 0.298 e. The lowest BCUT2D eigenvalue weighted by Gasteiger charge is -2.17. The summed E-state index contributed by atoms with van der Waals surface area (Å²) in [6, 6.07) is 15.0. The summed E-state index contributed by atoms with van der Waals surface area (Å²) in [5, 5.41) is 3.44. The Balaban J connectivity index is 1.65. The molecule has 29 heavy (non-hydrogen) atoms. The van der Waals surface area contributed by atoms with E-state index in [4.69, 9.17) is 9.47 Å². The smallest absolute Gasteiger partial charge is 0.298 e. The number of aromatic nitrogens is 2. The Hall–Kier alpha value is -2.93. The van der Waals surface area contributed by atoms with Crippen LogP contribution in [0.2, 0.25) is 0 Å². The van der Waals surface area contributed by atoms with Crippen LogP contribution in [0, 0.1) is 5.92 Å². The topological polar surface area (TPSA) is 73.3 Å². The van der Waals surface area contributed by atoms with Crippen molar-refractivity contribution in [1.82, 2.24) is 14.7 Å². The van der Waals surface area contributed by atoms with E-state index >= 15 is 0 Å². The third kappa shape index (κ3) is 5.77. The molecule has 3 rings (SSSR count). The maximum atomic E-state index is 12.4. The molecule has 0 aliphatic carbocycles. The first-order valence-corrected chi connectivity index (χ1v) is 10.3. The lowest BCUT2D eigenvalue weighted by atomic mass is 10.1. The summed E-state index contributed by atoms with van der Waals surface area (Å²) in [6.45, 7) is 6.14. The minimum atomic E-state index is -0.118. The molecule has 1 N–H and O–H groups in total. The van der Waals surface area contributed by atoms with Crippen molar-refractivity contribution in [3.63, 3.8) is 0 Å². The van der Waals surface area contributed by atoms with Gasteiger partial charge in [0, 0.05) is 29.6 Å². The highest BCUT2D eigenvalue weighted by Crippen LogP contribution is 2.25. The first kappa shape index (κ1) is 20.8. The van der Waals surface area contributed by atoms with E-state index in [0.717, 1.165) is 11.3 Å². The Morgan fingerprint density at radius 3 is 2.62 bits per heavy atom. The fourth-order valence-corrected chi connectivity index (χ4v) is 3.14. The van der Waals surface area contributed by atoms with Gasteiger partial charge in [-0.25, -0.2) is 0 Å². The molecule has 2 aromatic carbocycles. The summed E-state index contributed by atoms with van der Waals surface area (Å²) in [5.41, 5.74) is 1.61. The van der Waals surface area contributed by atoms with Gasteiger partial charge in [-0.1, -0.05) is 32.0 Å². The number of carbonyl (C=O) groups excluding carboxylic acids is 1. The van der Waals surface area contributed by atoms with Gasteiger partial charge in [0.2, 0.25) is 0 Å². The quantitative estimate of drug-likeness (QED) is 0.581. The van der Waals surface area contributed by atoms with Crippen LogP contribution in [0.3, 0.4) is 0 Å². The molecule has 1 amide bonds. The van der Waals surface area contributed by atoms with Crippen LogP contribution in [-0.4, -0.2) is 28.4 Å². The number of nitrogens with zero attached hydrogens (tertiary/aromatic N) is 2. The Kier molecular flexibility index (Phi) is 6.82. The molecule has 0 saturated carbocycles. The van der Waals surface area contributed by atoms with Gasteiger partial charge in [-0.2, -0.15) is 9.36 Å². The average Bonchev–Trinajstić information content (AvgIpc) is 3.14. The molecule has 0 aliphatic heterocycles. The lowest BCUT2D eigenvalue weighted by Crippen LogP contribution is -2.36. The fraction of sp³-hybridized carbons (Fsp3) is 0.318. The minimum absolute atomic E-state index is 0.0920. The van der Waals surface area contributed by atoms with Gasteiger partial charge in [0.25, 0.3) is 11.1 Å². The number of nitrogens with one attached hydrogen (secondary N) is 1. The second kappa shape index (κ2) is 9.52. The number of benzene rings is 2. The van der Waals surface area contributed by atoms with Crippen LogP contribution >= 0.6 is 11.5 Å². The molecular weight excluding hydrogens is 386 g/mol. The van der Waals surface area contributed by atoms with E-state index in [2.05, 4.69) is 28.5 Å². The molecule has 1 heterocycles. The standard InChI is InChI=1S/C22H25N3O3S/c1-14(2)15(3)23-21(26)17-8-6-10-19(13-17)28-22-24-20(25-29-22)12-16-7-5-9-18(11-16)27-4/h5-11,13-15H,12H2,1-4H3,(H,23,26)/t15-/m1/s1. The third-order valence-corrected chi connectivity index (χ3v) is 5.24. The zero-order valence-electron chi connectivity index (χ0n) is 17.0.